The molecular formula is C11H11N3OS2. The molecule has 2 rings (SSSR count). The number of furan rings is 1. The zero-order valence-electron chi connectivity index (χ0n) is 8.92. The van der Waals surface area contributed by atoms with Gasteiger partial charge in [0.1, 0.15) is 5.76 Å². The zero-order chi connectivity index (χ0) is 11.9. The molecule has 0 spiro atoms. The van der Waals surface area contributed by atoms with Gasteiger partial charge in [-0.1, -0.05) is 6.07 Å². The summed E-state index contributed by atoms with van der Waals surface area (Å²) in [5, 5.41) is 9.46. The van der Waals surface area contributed by atoms with Crippen LogP contribution in [-0.4, -0.2) is 11.3 Å². The molecule has 17 heavy (non-hydrogen) atoms. The first-order valence-electron chi connectivity index (χ1n) is 4.97. The van der Waals surface area contributed by atoms with Gasteiger partial charge in [-0.2, -0.15) is 5.10 Å². The molecule has 4 nitrogen and oxygen atoms in total. The number of hydrogen-bond acceptors (Lipinski definition) is 4. The lowest BCUT2D eigenvalue weighted by Gasteiger charge is -2.04. The van der Waals surface area contributed by atoms with Gasteiger partial charge < -0.3 is 9.73 Å². The molecule has 2 heterocycles. The molecule has 2 aromatic rings. The normalized spacial score (nSPS) is 10.6. The lowest BCUT2D eigenvalue weighted by molar-refractivity contribution is 0.502. The molecule has 0 saturated heterocycles. The van der Waals surface area contributed by atoms with E-state index >= 15 is 0 Å². The monoisotopic (exact) mass is 265 g/mol. The van der Waals surface area contributed by atoms with Crippen LogP contribution < -0.4 is 10.7 Å². The molecule has 0 aromatic carbocycles. The number of thiocarbonyl (C=S) groups is 1. The summed E-state index contributed by atoms with van der Waals surface area (Å²) < 4.78 is 5.16. The fourth-order valence-electron chi connectivity index (χ4n) is 1.14. The minimum absolute atomic E-state index is 0.467. The molecule has 88 valence electrons. The Bertz CT molecular complexity index is 477. The SMILES string of the molecule is S=C(NCc1ccco1)N/N=C\c1cccs1. The van der Waals surface area contributed by atoms with Crippen molar-refractivity contribution in [3.05, 3.63) is 46.5 Å². The molecule has 0 fully saturated rings. The van der Waals surface area contributed by atoms with Crippen LogP contribution in [0, 0.1) is 0 Å². The second-order valence-electron chi connectivity index (χ2n) is 3.15. The first kappa shape index (κ1) is 11.8. The highest BCUT2D eigenvalue weighted by atomic mass is 32.1. The number of thiophene rings is 1. The Morgan fingerprint density at radius 1 is 1.47 bits per heavy atom. The Morgan fingerprint density at radius 3 is 3.12 bits per heavy atom. The van der Waals surface area contributed by atoms with E-state index in [1.54, 1.807) is 23.8 Å². The summed E-state index contributed by atoms with van der Waals surface area (Å²) >= 11 is 6.67. The molecule has 0 aliphatic carbocycles. The Morgan fingerprint density at radius 2 is 2.41 bits per heavy atom. The molecule has 0 radical (unpaired) electrons. The van der Waals surface area contributed by atoms with Crippen LogP contribution in [0.3, 0.4) is 0 Å². The number of nitrogens with zero attached hydrogens (tertiary/aromatic N) is 1. The lowest BCUT2D eigenvalue weighted by Crippen LogP contribution is -2.31. The van der Waals surface area contributed by atoms with Crippen molar-refractivity contribution >= 4 is 34.9 Å². The third-order valence-electron chi connectivity index (χ3n) is 1.90. The van der Waals surface area contributed by atoms with Crippen molar-refractivity contribution < 1.29 is 4.42 Å². The third-order valence-corrected chi connectivity index (χ3v) is 2.95. The van der Waals surface area contributed by atoms with Crippen LogP contribution in [0.2, 0.25) is 0 Å². The Balaban J connectivity index is 1.71. The Labute approximate surface area is 108 Å². The van der Waals surface area contributed by atoms with Gasteiger partial charge in [0.2, 0.25) is 0 Å². The molecule has 0 aliphatic rings. The van der Waals surface area contributed by atoms with Crippen molar-refractivity contribution in [1.82, 2.24) is 10.7 Å². The molecule has 0 amide bonds. The highest BCUT2D eigenvalue weighted by Crippen LogP contribution is 2.04. The van der Waals surface area contributed by atoms with Crippen molar-refractivity contribution in [3.8, 4) is 0 Å². The summed E-state index contributed by atoms with van der Waals surface area (Å²) in [4.78, 5) is 1.08. The quantitative estimate of drug-likeness (QED) is 0.506. The van der Waals surface area contributed by atoms with Gasteiger partial charge in [-0.05, 0) is 35.8 Å². The predicted octanol–water partition coefficient (Wildman–Crippen LogP) is 2.34. The van der Waals surface area contributed by atoms with E-state index in [2.05, 4.69) is 15.8 Å². The number of hydrazone groups is 1. The van der Waals surface area contributed by atoms with E-state index in [9.17, 15) is 0 Å². The standard InChI is InChI=1S/C11H11N3OS2/c16-11(12-7-9-3-1-5-15-9)14-13-8-10-4-2-6-17-10/h1-6,8H,7H2,(H2,12,14,16)/b13-8-. The maximum atomic E-state index is 5.16. The van der Waals surface area contributed by atoms with Gasteiger partial charge in [0.05, 0.1) is 19.0 Å². The average Bonchev–Trinajstić information content (AvgIpc) is 2.99. The molecule has 0 aliphatic heterocycles. The Hall–Kier alpha value is -1.66. The van der Waals surface area contributed by atoms with E-state index in [-0.39, 0.29) is 0 Å². The molecule has 0 saturated carbocycles. The molecule has 2 aromatic heterocycles. The van der Waals surface area contributed by atoms with Gasteiger partial charge >= 0.3 is 0 Å². The maximum Gasteiger partial charge on any atom is 0.187 e. The molecule has 0 bridgehead atoms. The van der Waals surface area contributed by atoms with Crippen LogP contribution in [0.25, 0.3) is 0 Å². The molecule has 0 unspecified atom stereocenters. The summed E-state index contributed by atoms with van der Waals surface area (Å²) in [5.74, 6) is 0.830. The molecule has 2 N–H and O–H groups in total. The van der Waals surface area contributed by atoms with Crippen LogP contribution in [-0.2, 0) is 6.54 Å². The van der Waals surface area contributed by atoms with Gasteiger partial charge in [-0.25, -0.2) is 0 Å². The smallest absolute Gasteiger partial charge is 0.187 e. The van der Waals surface area contributed by atoms with E-state index in [0.717, 1.165) is 10.6 Å². The summed E-state index contributed by atoms with van der Waals surface area (Å²) in [6, 6.07) is 7.67. The van der Waals surface area contributed by atoms with Crippen molar-refractivity contribution in [1.29, 1.82) is 0 Å². The van der Waals surface area contributed by atoms with E-state index in [0.29, 0.717) is 11.7 Å². The van der Waals surface area contributed by atoms with Gasteiger partial charge in [0.25, 0.3) is 0 Å². The van der Waals surface area contributed by atoms with Gasteiger partial charge in [-0.15, -0.1) is 11.3 Å². The van der Waals surface area contributed by atoms with Crippen LogP contribution >= 0.6 is 23.6 Å². The maximum absolute atomic E-state index is 5.16. The van der Waals surface area contributed by atoms with Crippen molar-refractivity contribution in [2.75, 3.05) is 0 Å². The van der Waals surface area contributed by atoms with E-state index < -0.39 is 0 Å². The summed E-state index contributed by atoms with van der Waals surface area (Å²) in [7, 11) is 0. The number of hydrogen-bond donors (Lipinski definition) is 2. The lowest BCUT2D eigenvalue weighted by atomic mass is 10.4. The van der Waals surface area contributed by atoms with E-state index in [1.807, 2.05) is 29.6 Å². The van der Waals surface area contributed by atoms with E-state index in [4.69, 9.17) is 16.6 Å². The highest BCUT2D eigenvalue weighted by Gasteiger charge is 1.96. The summed E-state index contributed by atoms with van der Waals surface area (Å²) in [6.07, 6.45) is 3.36. The number of nitrogens with one attached hydrogen (secondary N) is 2. The Kier molecular flexibility index (Phi) is 4.29. The van der Waals surface area contributed by atoms with Crippen LogP contribution in [0.4, 0.5) is 0 Å². The summed E-state index contributed by atoms with van der Waals surface area (Å²) in [6.45, 7) is 0.549. The minimum atomic E-state index is 0.467. The minimum Gasteiger partial charge on any atom is -0.467 e. The van der Waals surface area contributed by atoms with Crippen LogP contribution in [0.1, 0.15) is 10.6 Å². The second-order valence-corrected chi connectivity index (χ2v) is 4.53. The fraction of sp³-hybridized carbons (Fsp3) is 0.0909. The first-order chi connectivity index (χ1) is 8.34. The zero-order valence-corrected chi connectivity index (χ0v) is 10.6. The van der Waals surface area contributed by atoms with Gasteiger partial charge in [0.15, 0.2) is 5.11 Å². The van der Waals surface area contributed by atoms with Gasteiger partial charge in [-0.3, -0.25) is 5.43 Å². The molecule has 6 heteroatoms. The van der Waals surface area contributed by atoms with Crippen LogP contribution in [0.5, 0.6) is 0 Å². The second kappa shape index (κ2) is 6.17. The third kappa shape index (κ3) is 4.01. The average molecular weight is 265 g/mol. The van der Waals surface area contributed by atoms with Crippen molar-refractivity contribution in [2.24, 2.45) is 5.10 Å². The molecule has 0 atom stereocenters. The van der Waals surface area contributed by atoms with Gasteiger partial charge in [0, 0.05) is 4.88 Å². The first-order valence-corrected chi connectivity index (χ1v) is 6.26. The fourth-order valence-corrected chi connectivity index (χ4v) is 1.85. The summed E-state index contributed by atoms with van der Waals surface area (Å²) in [5.41, 5.74) is 2.74. The molecular weight excluding hydrogens is 254 g/mol. The number of rotatable bonds is 4. The van der Waals surface area contributed by atoms with Crippen molar-refractivity contribution in [2.45, 2.75) is 6.54 Å². The van der Waals surface area contributed by atoms with E-state index in [1.165, 1.54) is 0 Å². The largest absolute Gasteiger partial charge is 0.467 e. The topological polar surface area (TPSA) is 49.6 Å². The van der Waals surface area contributed by atoms with Crippen molar-refractivity contribution in [3.63, 3.8) is 0 Å². The highest BCUT2D eigenvalue weighted by molar-refractivity contribution is 7.80. The predicted molar refractivity (Wildman–Crippen MR) is 73.2 cm³/mol. The van der Waals surface area contributed by atoms with Crippen LogP contribution in [0.15, 0.2) is 45.4 Å².